The number of nitrogens with zero attached hydrogens (tertiary/aromatic N) is 4. The van der Waals surface area contributed by atoms with Crippen molar-refractivity contribution in [3.8, 4) is 11.3 Å². The maximum Gasteiger partial charge on any atom is 0.220 e. The van der Waals surface area contributed by atoms with Gasteiger partial charge in [-0.1, -0.05) is 24.3 Å². The van der Waals surface area contributed by atoms with Crippen LogP contribution < -0.4 is 0 Å². The maximum atomic E-state index is 12.3. The van der Waals surface area contributed by atoms with Crippen molar-refractivity contribution in [2.75, 3.05) is 19.8 Å². The maximum absolute atomic E-state index is 12.3. The number of β-amino-alcohol motifs (C(OH)–C–C–N with tert-alkyl or cyclic N) is 1. The van der Waals surface area contributed by atoms with Crippen molar-refractivity contribution in [2.24, 2.45) is 0 Å². The van der Waals surface area contributed by atoms with Crippen molar-refractivity contribution < 1.29 is 14.6 Å². The second-order valence-electron chi connectivity index (χ2n) is 9.09. The van der Waals surface area contributed by atoms with Crippen LogP contribution in [0.15, 0.2) is 42.7 Å². The van der Waals surface area contributed by atoms with Gasteiger partial charge in [-0.3, -0.25) is 9.20 Å². The Kier molecular flexibility index (Phi) is 4.92. The third kappa shape index (κ3) is 3.41. The molecule has 2 aliphatic rings. The fraction of sp³-hybridized carbons (Fsp3) is 0.400. The lowest BCUT2D eigenvalue weighted by Crippen LogP contribution is -2.30. The number of H-pyrrole nitrogens is 1. The standard InChI is InChI=1S/C25H27N5O3/c1-15(31)29-14-19(32)12-21(29)25-28-23(22-13-27-24-20(30(22)25)6-9-26-24)18-4-2-16(3-5-18)17-7-10-33-11-8-17/h2-6,9,13,17,19,21,26,32H,7-8,10-12,14H2,1H3/t19-,21?/m1/s1. The van der Waals surface area contributed by atoms with Crippen LogP contribution in [0.25, 0.3) is 27.9 Å². The zero-order chi connectivity index (χ0) is 22.5. The highest BCUT2D eigenvalue weighted by molar-refractivity contribution is 5.84. The molecule has 170 valence electrons. The van der Waals surface area contributed by atoms with Gasteiger partial charge >= 0.3 is 0 Å². The Balaban J connectivity index is 1.48. The highest BCUT2D eigenvalue weighted by Gasteiger charge is 2.37. The second-order valence-corrected chi connectivity index (χ2v) is 9.09. The zero-order valence-corrected chi connectivity index (χ0v) is 18.6. The van der Waals surface area contributed by atoms with E-state index < -0.39 is 6.10 Å². The van der Waals surface area contributed by atoms with Gasteiger partial charge in [0.15, 0.2) is 5.65 Å². The van der Waals surface area contributed by atoms with Gasteiger partial charge in [-0.25, -0.2) is 9.97 Å². The van der Waals surface area contributed by atoms with Gasteiger partial charge < -0.3 is 19.7 Å². The predicted octanol–water partition coefficient (Wildman–Crippen LogP) is 3.43. The molecule has 2 saturated heterocycles. The van der Waals surface area contributed by atoms with Gasteiger partial charge in [0.25, 0.3) is 0 Å². The number of fused-ring (bicyclic) bond motifs is 3. The van der Waals surface area contributed by atoms with E-state index in [4.69, 9.17) is 9.72 Å². The molecule has 8 nitrogen and oxygen atoms in total. The summed E-state index contributed by atoms with van der Waals surface area (Å²) >= 11 is 0. The van der Waals surface area contributed by atoms with Crippen LogP contribution in [-0.2, 0) is 9.53 Å². The Labute approximate surface area is 191 Å². The summed E-state index contributed by atoms with van der Waals surface area (Å²) in [7, 11) is 0. The molecule has 1 unspecified atom stereocenters. The minimum absolute atomic E-state index is 0.0602. The SMILES string of the molecule is CC(=O)N1C[C@H](O)CC1c1nc(-c2ccc(C3CCOCC3)cc2)c2cnc3[nH]ccc3n12. The number of aromatic nitrogens is 4. The quantitative estimate of drug-likeness (QED) is 0.504. The third-order valence-corrected chi connectivity index (χ3v) is 7.06. The first-order valence-corrected chi connectivity index (χ1v) is 11.6. The number of carbonyl (C=O) groups excluding carboxylic acids is 1. The number of amides is 1. The number of benzene rings is 1. The number of aliphatic hydroxyl groups is 1. The molecule has 0 radical (unpaired) electrons. The van der Waals surface area contributed by atoms with Gasteiger partial charge in [0.1, 0.15) is 5.82 Å². The normalized spacial score (nSPS) is 21.9. The van der Waals surface area contributed by atoms with Gasteiger partial charge in [-0.15, -0.1) is 0 Å². The average molecular weight is 446 g/mol. The topological polar surface area (TPSA) is 95.8 Å². The van der Waals surface area contributed by atoms with E-state index in [1.165, 1.54) is 5.56 Å². The van der Waals surface area contributed by atoms with Crippen LogP contribution in [-0.4, -0.2) is 61.1 Å². The molecule has 33 heavy (non-hydrogen) atoms. The van der Waals surface area contributed by atoms with Crippen LogP contribution in [0.5, 0.6) is 0 Å². The average Bonchev–Trinajstić information content (AvgIpc) is 3.55. The number of carbonyl (C=O) groups is 1. The number of ether oxygens (including phenoxy) is 1. The number of nitrogens with one attached hydrogen (secondary N) is 1. The van der Waals surface area contributed by atoms with Crippen LogP contribution in [0.4, 0.5) is 0 Å². The van der Waals surface area contributed by atoms with Crippen LogP contribution in [0.3, 0.4) is 0 Å². The van der Waals surface area contributed by atoms with Gasteiger partial charge in [0, 0.05) is 44.9 Å². The molecule has 3 aromatic heterocycles. The van der Waals surface area contributed by atoms with Gasteiger partial charge in [0.2, 0.25) is 5.91 Å². The Morgan fingerprint density at radius 1 is 1.15 bits per heavy atom. The third-order valence-electron chi connectivity index (χ3n) is 7.06. The zero-order valence-electron chi connectivity index (χ0n) is 18.6. The highest BCUT2D eigenvalue weighted by Crippen LogP contribution is 2.37. The van der Waals surface area contributed by atoms with Crippen molar-refractivity contribution >= 4 is 22.6 Å². The van der Waals surface area contributed by atoms with E-state index in [0.717, 1.165) is 59.8 Å². The van der Waals surface area contributed by atoms with Crippen LogP contribution in [0.1, 0.15) is 49.5 Å². The molecule has 1 amide bonds. The molecule has 2 atom stereocenters. The Morgan fingerprint density at radius 3 is 2.70 bits per heavy atom. The molecular formula is C25H27N5O3. The van der Waals surface area contributed by atoms with E-state index in [0.29, 0.717) is 18.9 Å². The van der Waals surface area contributed by atoms with Crippen LogP contribution >= 0.6 is 0 Å². The molecule has 0 bridgehead atoms. The fourth-order valence-corrected chi connectivity index (χ4v) is 5.37. The Bertz CT molecular complexity index is 1320. The fourth-order valence-electron chi connectivity index (χ4n) is 5.37. The molecule has 2 fully saturated rings. The molecule has 2 N–H and O–H groups in total. The summed E-state index contributed by atoms with van der Waals surface area (Å²) in [5, 5.41) is 10.3. The summed E-state index contributed by atoms with van der Waals surface area (Å²) in [6, 6.07) is 10.3. The van der Waals surface area contributed by atoms with E-state index in [-0.39, 0.29) is 11.9 Å². The first-order chi connectivity index (χ1) is 16.1. The van der Waals surface area contributed by atoms with Gasteiger partial charge in [-0.2, -0.15) is 0 Å². The number of aromatic amines is 1. The number of hydrogen-bond donors (Lipinski definition) is 2. The second kappa shape index (κ2) is 7.97. The van der Waals surface area contributed by atoms with Crippen molar-refractivity contribution in [3.05, 3.63) is 54.1 Å². The molecule has 2 aliphatic heterocycles. The van der Waals surface area contributed by atoms with Crippen LogP contribution in [0, 0.1) is 0 Å². The van der Waals surface area contributed by atoms with E-state index in [1.807, 2.05) is 18.5 Å². The van der Waals surface area contributed by atoms with Gasteiger partial charge in [-0.05, 0) is 30.4 Å². The van der Waals surface area contributed by atoms with Crippen molar-refractivity contribution in [2.45, 2.75) is 44.2 Å². The summed E-state index contributed by atoms with van der Waals surface area (Å²) in [4.78, 5) is 26.9. The lowest BCUT2D eigenvalue weighted by Gasteiger charge is -2.22. The van der Waals surface area contributed by atoms with Crippen molar-refractivity contribution in [3.63, 3.8) is 0 Å². The van der Waals surface area contributed by atoms with E-state index >= 15 is 0 Å². The number of rotatable bonds is 3. The minimum atomic E-state index is -0.558. The number of hydrogen-bond acceptors (Lipinski definition) is 5. The van der Waals surface area contributed by atoms with E-state index in [2.05, 4.69) is 38.6 Å². The summed E-state index contributed by atoms with van der Waals surface area (Å²) < 4.78 is 7.59. The molecule has 8 heteroatoms. The predicted molar refractivity (Wildman–Crippen MR) is 124 cm³/mol. The summed E-state index contributed by atoms with van der Waals surface area (Å²) in [6.07, 6.45) is 5.71. The van der Waals surface area contributed by atoms with Crippen LogP contribution in [0.2, 0.25) is 0 Å². The van der Waals surface area contributed by atoms with Crippen molar-refractivity contribution in [1.29, 1.82) is 0 Å². The molecule has 6 rings (SSSR count). The molecule has 4 aromatic rings. The minimum Gasteiger partial charge on any atom is -0.391 e. The number of likely N-dealkylation sites (tertiary alicyclic amines) is 1. The lowest BCUT2D eigenvalue weighted by molar-refractivity contribution is -0.130. The first kappa shape index (κ1) is 20.4. The highest BCUT2D eigenvalue weighted by atomic mass is 16.5. The smallest absolute Gasteiger partial charge is 0.220 e. The molecule has 1 aromatic carbocycles. The largest absolute Gasteiger partial charge is 0.391 e. The van der Waals surface area contributed by atoms with E-state index in [9.17, 15) is 9.90 Å². The molecule has 5 heterocycles. The molecule has 0 spiro atoms. The monoisotopic (exact) mass is 445 g/mol. The number of imidazole rings is 1. The lowest BCUT2D eigenvalue weighted by atomic mass is 9.91. The van der Waals surface area contributed by atoms with E-state index in [1.54, 1.807) is 11.8 Å². The van der Waals surface area contributed by atoms with Gasteiger partial charge in [0.05, 0.1) is 35.1 Å². The molecular weight excluding hydrogens is 418 g/mol. The molecule has 0 saturated carbocycles. The summed E-state index contributed by atoms with van der Waals surface area (Å²) in [5.41, 5.74) is 5.74. The summed E-state index contributed by atoms with van der Waals surface area (Å²) in [6.45, 7) is 3.51. The first-order valence-electron chi connectivity index (χ1n) is 11.6. The molecule has 0 aliphatic carbocycles. The Morgan fingerprint density at radius 2 is 1.94 bits per heavy atom. The summed E-state index contributed by atoms with van der Waals surface area (Å²) in [5.74, 6) is 1.23. The number of aliphatic hydroxyl groups excluding tert-OH is 1. The Hall–Kier alpha value is -3.23. The van der Waals surface area contributed by atoms with Crippen molar-refractivity contribution in [1.82, 2.24) is 24.3 Å².